The Balaban J connectivity index is 2.75. The van der Waals surface area contributed by atoms with E-state index in [1.165, 1.54) is 6.07 Å². The standard InChI is InChI=1S/C11H14BrNO3/c1-8(2)5-6-16-11-4-3-9(12)7-10(11)13(14)15/h3-4,7-8H,5-6H2,1-2H3. The van der Waals surface area contributed by atoms with Gasteiger partial charge in [0, 0.05) is 10.5 Å². The molecule has 0 fully saturated rings. The molecule has 1 rings (SSSR count). The summed E-state index contributed by atoms with van der Waals surface area (Å²) in [5.74, 6) is 0.850. The maximum atomic E-state index is 10.8. The van der Waals surface area contributed by atoms with Gasteiger partial charge in [0.2, 0.25) is 0 Å². The monoisotopic (exact) mass is 287 g/mol. The van der Waals surface area contributed by atoms with Crippen LogP contribution in [0.1, 0.15) is 20.3 Å². The summed E-state index contributed by atoms with van der Waals surface area (Å²) in [7, 11) is 0. The van der Waals surface area contributed by atoms with E-state index in [4.69, 9.17) is 4.74 Å². The number of nitrogens with zero attached hydrogens (tertiary/aromatic N) is 1. The van der Waals surface area contributed by atoms with Crippen LogP contribution in [-0.2, 0) is 0 Å². The fourth-order valence-corrected chi connectivity index (χ4v) is 1.51. The van der Waals surface area contributed by atoms with Crippen molar-refractivity contribution in [3.05, 3.63) is 32.8 Å². The van der Waals surface area contributed by atoms with Crippen LogP contribution in [-0.4, -0.2) is 11.5 Å². The topological polar surface area (TPSA) is 52.4 Å². The van der Waals surface area contributed by atoms with Crippen LogP contribution in [0.25, 0.3) is 0 Å². The lowest BCUT2D eigenvalue weighted by atomic mass is 10.1. The average molecular weight is 288 g/mol. The highest BCUT2D eigenvalue weighted by molar-refractivity contribution is 9.10. The average Bonchev–Trinajstić information content (AvgIpc) is 2.19. The number of benzene rings is 1. The van der Waals surface area contributed by atoms with Crippen LogP contribution in [0, 0.1) is 16.0 Å². The Morgan fingerprint density at radius 1 is 1.50 bits per heavy atom. The summed E-state index contributed by atoms with van der Waals surface area (Å²) in [6, 6.07) is 4.80. The third-order valence-corrected chi connectivity index (χ3v) is 2.56. The zero-order valence-corrected chi connectivity index (χ0v) is 10.9. The van der Waals surface area contributed by atoms with Crippen LogP contribution in [0.4, 0.5) is 5.69 Å². The highest BCUT2D eigenvalue weighted by Crippen LogP contribution is 2.30. The Bertz CT molecular complexity index is 379. The second-order valence-corrected chi connectivity index (χ2v) is 4.82. The van der Waals surface area contributed by atoms with Crippen LogP contribution in [0.5, 0.6) is 5.75 Å². The first-order valence-electron chi connectivity index (χ1n) is 5.07. The van der Waals surface area contributed by atoms with E-state index in [0.29, 0.717) is 22.7 Å². The largest absolute Gasteiger partial charge is 0.487 e. The number of hydrogen-bond donors (Lipinski definition) is 0. The molecule has 0 aliphatic heterocycles. The lowest BCUT2D eigenvalue weighted by Crippen LogP contribution is -2.03. The van der Waals surface area contributed by atoms with Gasteiger partial charge in [-0.15, -0.1) is 0 Å². The quantitative estimate of drug-likeness (QED) is 0.612. The van der Waals surface area contributed by atoms with E-state index < -0.39 is 4.92 Å². The number of rotatable bonds is 5. The highest BCUT2D eigenvalue weighted by Gasteiger charge is 2.15. The molecule has 0 amide bonds. The van der Waals surface area contributed by atoms with Gasteiger partial charge in [-0.3, -0.25) is 10.1 Å². The third-order valence-electron chi connectivity index (χ3n) is 2.07. The first-order valence-corrected chi connectivity index (χ1v) is 5.86. The number of nitro groups is 1. The Morgan fingerprint density at radius 2 is 2.19 bits per heavy atom. The van der Waals surface area contributed by atoms with Gasteiger partial charge in [-0.2, -0.15) is 0 Å². The van der Waals surface area contributed by atoms with Crippen molar-refractivity contribution in [1.82, 2.24) is 0 Å². The van der Waals surface area contributed by atoms with Gasteiger partial charge in [0.05, 0.1) is 11.5 Å². The van der Waals surface area contributed by atoms with Crippen molar-refractivity contribution in [1.29, 1.82) is 0 Å². The molecule has 88 valence electrons. The SMILES string of the molecule is CC(C)CCOc1ccc(Br)cc1[N+](=O)[O-]. The molecule has 5 heteroatoms. The number of ether oxygens (including phenoxy) is 1. The molecule has 0 radical (unpaired) electrons. The van der Waals surface area contributed by atoms with Crippen molar-refractivity contribution in [2.24, 2.45) is 5.92 Å². The first-order chi connectivity index (χ1) is 7.50. The van der Waals surface area contributed by atoms with Gasteiger partial charge in [0.15, 0.2) is 5.75 Å². The summed E-state index contributed by atoms with van der Waals surface area (Å²) >= 11 is 3.20. The number of halogens is 1. The molecule has 0 aliphatic carbocycles. The van der Waals surface area contributed by atoms with E-state index >= 15 is 0 Å². The minimum atomic E-state index is -0.435. The molecule has 0 aromatic heterocycles. The van der Waals surface area contributed by atoms with Crippen molar-refractivity contribution >= 4 is 21.6 Å². The molecule has 1 aromatic rings. The zero-order valence-electron chi connectivity index (χ0n) is 9.27. The molecule has 0 spiro atoms. The zero-order chi connectivity index (χ0) is 12.1. The molecule has 0 unspecified atom stereocenters. The Kier molecular flexibility index (Phi) is 4.73. The summed E-state index contributed by atoms with van der Waals surface area (Å²) in [6.45, 7) is 4.67. The molecule has 0 atom stereocenters. The fraction of sp³-hybridized carbons (Fsp3) is 0.455. The smallest absolute Gasteiger partial charge is 0.312 e. The third kappa shape index (κ3) is 3.81. The van der Waals surface area contributed by atoms with E-state index in [1.807, 2.05) is 0 Å². The molecule has 1 aromatic carbocycles. The van der Waals surface area contributed by atoms with Crippen molar-refractivity contribution < 1.29 is 9.66 Å². The molecular formula is C11H14BrNO3. The summed E-state index contributed by atoms with van der Waals surface area (Å²) in [4.78, 5) is 10.3. The second-order valence-electron chi connectivity index (χ2n) is 3.90. The van der Waals surface area contributed by atoms with Crippen molar-refractivity contribution in [2.75, 3.05) is 6.61 Å². The molecular weight excluding hydrogens is 274 g/mol. The maximum absolute atomic E-state index is 10.8. The minimum absolute atomic E-state index is 0.00173. The fourth-order valence-electron chi connectivity index (χ4n) is 1.16. The van der Waals surface area contributed by atoms with Crippen molar-refractivity contribution in [3.8, 4) is 5.75 Å². The van der Waals surface area contributed by atoms with Crippen LogP contribution in [0.15, 0.2) is 22.7 Å². The highest BCUT2D eigenvalue weighted by atomic mass is 79.9. The lowest BCUT2D eigenvalue weighted by molar-refractivity contribution is -0.385. The number of nitro benzene ring substituents is 1. The van der Waals surface area contributed by atoms with E-state index in [1.54, 1.807) is 12.1 Å². The molecule has 0 saturated heterocycles. The van der Waals surface area contributed by atoms with Crippen molar-refractivity contribution in [2.45, 2.75) is 20.3 Å². The van der Waals surface area contributed by atoms with Crippen molar-refractivity contribution in [3.63, 3.8) is 0 Å². The molecule has 0 heterocycles. The van der Waals surface area contributed by atoms with Crippen LogP contribution in [0.3, 0.4) is 0 Å². The Labute approximate surface area is 103 Å². The Morgan fingerprint density at radius 3 is 2.75 bits per heavy atom. The maximum Gasteiger partial charge on any atom is 0.312 e. The van der Waals surface area contributed by atoms with E-state index in [2.05, 4.69) is 29.8 Å². The summed E-state index contributed by atoms with van der Waals surface area (Å²) in [6.07, 6.45) is 0.882. The van der Waals surface area contributed by atoms with Crippen LogP contribution in [0.2, 0.25) is 0 Å². The lowest BCUT2D eigenvalue weighted by Gasteiger charge is -2.08. The van der Waals surface area contributed by atoms with Crippen LogP contribution >= 0.6 is 15.9 Å². The summed E-state index contributed by atoms with van der Waals surface area (Å²) in [5, 5.41) is 10.8. The van der Waals surface area contributed by atoms with E-state index in [-0.39, 0.29) is 5.69 Å². The van der Waals surface area contributed by atoms with Gasteiger partial charge in [0.25, 0.3) is 0 Å². The normalized spacial score (nSPS) is 10.5. The van der Waals surface area contributed by atoms with E-state index in [0.717, 1.165) is 6.42 Å². The summed E-state index contributed by atoms with van der Waals surface area (Å²) < 4.78 is 6.08. The molecule has 0 aliphatic rings. The molecule has 0 bridgehead atoms. The van der Waals surface area contributed by atoms with Gasteiger partial charge in [-0.1, -0.05) is 29.8 Å². The van der Waals surface area contributed by atoms with Gasteiger partial charge in [-0.05, 0) is 24.5 Å². The molecule has 0 saturated carbocycles. The Hall–Kier alpha value is -1.10. The summed E-state index contributed by atoms with van der Waals surface area (Å²) in [5.41, 5.74) is -0.00173. The number of hydrogen-bond acceptors (Lipinski definition) is 3. The van der Waals surface area contributed by atoms with Gasteiger partial charge in [0.1, 0.15) is 0 Å². The first kappa shape index (κ1) is 13.0. The predicted molar refractivity (Wildman–Crippen MR) is 65.7 cm³/mol. The molecule has 4 nitrogen and oxygen atoms in total. The van der Waals surface area contributed by atoms with Gasteiger partial charge >= 0.3 is 5.69 Å². The minimum Gasteiger partial charge on any atom is -0.487 e. The van der Waals surface area contributed by atoms with Crippen LogP contribution < -0.4 is 4.74 Å². The van der Waals surface area contributed by atoms with Gasteiger partial charge < -0.3 is 4.74 Å². The molecule has 0 N–H and O–H groups in total. The second kappa shape index (κ2) is 5.84. The molecule has 16 heavy (non-hydrogen) atoms. The van der Waals surface area contributed by atoms with Gasteiger partial charge in [-0.25, -0.2) is 0 Å². The van der Waals surface area contributed by atoms with E-state index in [9.17, 15) is 10.1 Å². The predicted octanol–water partition coefficient (Wildman–Crippen LogP) is 3.78.